The van der Waals surface area contributed by atoms with Crippen molar-refractivity contribution in [2.45, 2.75) is 19.4 Å². The van der Waals surface area contributed by atoms with Crippen LogP contribution in [0.25, 0.3) is 0 Å². The minimum Gasteiger partial charge on any atom is -0.493 e. The molecule has 25 heavy (non-hydrogen) atoms. The first-order valence-electron chi connectivity index (χ1n) is 8.88. The molecule has 0 aliphatic carbocycles. The first kappa shape index (κ1) is 17.4. The van der Waals surface area contributed by atoms with Crippen LogP contribution in [0.3, 0.4) is 0 Å². The van der Waals surface area contributed by atoms with E-state index in [9.17, 15) is 4.79 Å². The van der Waals surface area contributed by atoms with Gasteiger partial charge in [0.2, 0.25) is 5.91 Å². The SMILES string of the molecule is O=C(CCOc1ccccc1)N1CCCN(Cc2ccncc2)CC1. The molecule has 5 heteroatoms. The summed E-state index contributed by atoms with van der Waals surface area (Å²) in [4.78, 5) is 20.9. The highest BCUT2D eigenvalue weighted by atomic mass is 16.5. The van der Waals surface area contributed by atoms with Crippen molar-refractivity contribution in [3.05, 3.63) is 60.4 Å². The van der Waals surface area contributed by atoms with E-state index in [0.717, 1.165) is 44.9 Å². The van der Waals surface area contributed by atoms with Crippen molar-refractivity contribution in [1.82, 2.24) is 14.8 Å². The summed E-state index contributed by atoms with van der Waals surface area (Å²) in [5.74, 6) is 0.997. The molecule has 3 rings (SSSR count). The van der Waals surface area contributed by atoms with E-state index < -0.39 is 0 Å². The molecule has 1 aromatic heterocycles. The zero-order chi connectivity index (χ0) is 17.3. The van der Waals surface area contributed by atoms with Crippen LogP contribution in [-0.2, 0) is 11.3 Å². The second kappa shape index (κ2) is 9.18. The van der Waals surface area contributed by atoms with Gasteiger partial charge in [0.1, 0.15) is 5.75 Å². The molecule has 1 saturated heterocycles. The third kappa shape index (κ3) is 5.57. The maximum absolute atomic E-state index is 12.4. The van der Waals surface area contributed by atoms with Crippen LogP contribution in [-0.4, -0.2) is 53.5 Å². The molecule has 1 amide bonds. The lowest BCUT2D eigenvalue weighted by atomic mass is 10.2. The molecule has 1 fully saturated rings. The van der Waals surface area contributed by atoms with Crippen LogP contribution < -0.4 is 4.74 Å². The van der Waals surface area contributed by atoms with Gasteiger partial charge in [-0.25, -0.2) is 0 Å². The number of hydrogen-bond donors (Lipinski definition) is 0. The quantitative estimate of drug-likeness (QED) is 0.811. The molecular formula is C20H25N3O2. The Bertz CT molecular complexity index is 649. The van der Waals surface area contributed by atoms with E-state index in [1.54, 1.807) is 0 Å². The molecule has 2 aromatic rings. The van der Waals surface area contributed by atoms with Gasteiger partial charge in [0, 0.05) is 45.1 Å². The van der Waals surface area contributed by atoms with Crippen LogP contribution in [0.2, 0.25) is 0 Å². The minimum atomic E-state index is 0.182. The fraction of sp³-hybridized carbons (Fsp3) is 0.400. The molecular weight excluding hydrogens is 314 g/mol. The van der Waals surface area contributed by atoms with E-state index in [1.165, 1.54) is 5.56 Å². The zero-order valence-electron chi connectivity index (χ0n) is 14.5. The summed E-state index contributed by atoms with van der Waals surface area (Å²) in [6, 6.07) is 13.7. The van der Waals surface area contributed by atoms with Crippen LogP contribution in [0.15, 0.2) is 54.9 Å². The topological polar surface area (TPSA) is 45.7 Å². The highest BCUT2D eigenvalue weighted by molar-refractivity contribution is 5.76. The number of carbonyl (C=O) groups excluding carboxylic acids is 1. The number of hydrogen-bond acceptors (Lipinski definition) is 4. The first-order chi connectivity index (χ1) is 12.3. The first-order valence-corrected chi connectivity index (χ1v) is 8.88. The summed E-state index contributed by atoms with van der Waals surface area (Å²) >= 11 is 0. The predicted octanol–water partition coefficient (Wildman–Crippen LogP) is 2.59. The Labute approximate surface area is 149 Å². The van der Waals surface area contributed by atoms with Crippen LogP contribution >= 0.6 is 0 Å². The lowest BCUT2D eigenvalue weighted by Gasteiger charge is -2.22. The number of benzene rings is 1. The predicted molar refractivity (Wildman–Crippen MR) is 97.3 cm³/mol. The maximum atomic E-state index is 12.4. The lowest BCUT2D eigenvalue weighted by molar-refractivity contribution is -0.131. The van der Waals surface area contributed by atoms with Gasteiger partial charge in [-0.1, -0.05) is 18.2 Å². The summed E-state index contributed by atoms with van der Waals surface area (Å²) in [5.41, 5.74) is 1.27. The number of ether oxygens (including phenoxy) is 1. The molecule has 0 bridgehead atoms. The third-order valence-electron chi connectivity index (χ3n) is 4.42. The smallest absolute Gasteiger partial charge is 0.226 e. The number of nitrogens with zero attached hydrogens (tertiary/aromatic N) is 3. The Morgan fingerprint density at radius 1 is 1.00 bits per heavy atom. The molecule has 0 spiro atoms. The maximum Gasteiger partial charge on any atom is 0.226 e. The monoisotopic (exact) mass is 339 g/mol. The van der Waals surface area contributed by atoms with E-state index in [1.807, 2.05) is 47.6 Å². The Kier molecular flexibility index (Phi) is 6.40. The van der Waals surface area contributed by atoms with Crippen molar-refractivity contribution in [3.8, 4) is 5.75 Å². The number of pyridine rings is 1. The molecule has 1 aliphatic rings. The highest BCUT2D eigenvalue weighted by Gasteiger charge is 2.19. The van der Waals surface area contributed by atoms with Crippen LogP contribution in [0.1, 0.15) is 18.4 Å². The zero-order valence-corrected chi connectivity index (χ0v) is 14.5. The fourth-order valence-electron chi connectivity index (χ4n) is 3.06. The molecule has 0 radical (unpaired) electrons. The van der Waals surface area contributed by atoms with Crippen molar-refractivity contribution < 1.29 is 9.53 Å². The molecule has 1 aromatic carbocycles. The summed E-state index contributed by atoms with van der Waals surface area (Å²) in [6.45, 7) is 4.90. The van der Waals surface area contributed by atoms with Gasteiger partial charge in [0.05, 0.1) is 13.0 Å². The number of rotatable bonds is 6. The number of amides is 1. The van der Waals surface area contributed by atoms with Crippen LogP contribution in [0.5, 0.6) is 5.75 Å². The second-order valence-electron chi connectivity index (χ2n) is 6.28. The summed E-state index contributed by atoms with van der Waals surface area (Å²) < 4.78 is 5.64. The molecule has 132 valence electrons. The lowest BCUT2D eigenvalue weighted by Crippen LogP contribution is -2.35. The van der Waals surface area contributed by atoms with Gasteiger partial charge in [0.15, 0.2) is 0 Å². The van der Waals surface area contributed by atoms with Gasteiger partial charge in [-0.15, -0.1) is 0 Å². The van der Waals surface area contributed by atoms with Crippen LogP contribution in [0, 0.1) is 0 Å². The Morgan fingerprint density at radius 2 is 1.80 bits per heavy atom. The van der Waals surface area contributed by atoms with Gasteiger partial charge in [0.25, 0.3) is 0 Å². The van der Waals surface area contributed by atoms with Gasteiger partial charge in [-0.05, 0) is 36.2 Å². The normalized spacial score (nSPS) is 15.6. The van der Waals surface area contributed by atoms with E-state index in [2.05, 4.69) is 22.0 Å². The molecule has 0 unspecified atom stereocenters. The van der Waals surface area contributed by atoms with Crippen molar-refractivity contribution in [2.75, 3.05) is 32.8 Å². The third-order valence-corrected chi connectivity index (χ3v) is 4.42. The van der Waals surface area contributed by atoms with Crippen molar-refractivity contribution in [2.24, 2.45) is 0 Å². The van der Waals surface area contributed by atoms with E-state index >= 15 is 0 Å². The van der Waals surface area contributed by atoms with Crippen molar-refractivity contribution >= 4 is 5.91 Å². The summed E-state index contributed by atoms with van der Waals surface area (Å²) in [7, 11) is 0. The van der Waals surface area contributed by atoms with Crippen LogP contribution in [0.4, 0.5) is 0 Å². The van der Waals surface area contributed by atoms with E-state index in [0.29, 0.717) is 13.0 Å². The van der Waals surface area contributed by atoms with Gasteiger partial charge < -0.3 is 9.64 Å². The average Bonchev–Trinajstić information content (AvgIpc) is 2.89. The molecule has 5 nitrogen and oxygen atoms in total. The highest BCUT2D eigenvalue weighted by Crippen LogP contribution is 2.11. The van der Waals surface area contributed by atoms with Crippen molar-refractivity contribution in [1.29, 1.82) is 0 Å². The summed E-state index contributed by atoms with van der Waals surface area (Å²) in [6.07, 6.45) is 5.10. The molecule has 2 heterocycles. The second-order valence-corrected chi connectivity index (χ2v) is 6.28. The molecule has 0 saturated carbocycles. The largest absolute Gasteiger partial charge is 0.493 e. The van der Waals surface area contributed by atoms with Gasteiger partial charge in [-0.2, -0.15) is 0 Å². The Balaban J connectivity index is 1.42. The number of aromatic nitrogens is 1. The fourth-order valence-corrected chi connectivity index (χ4v) is 3.06. The van der Waals surface area contributed by atoms with E-state index in [4.69, 9.17) is 4.74 Å². The van der Waals surface area contributed by atoms with Gasteiger partial charge >= 0.3 is 0 Å². The Hall–Kier alpha value is -2.40. The number of para-hydroxylation sites is 1. The molecule has 0 atom stereocenters. The van der Waals surface area contributed by atoms with E-state index in [-0.39, 0.29) is 5.91 Å². The standard InChI is InChI=1S/C20H25N3O2/c24-20(9-16-25-19-5-2-1-3-6-19)23-13-4-12-22(14-15-23)17-18-7-10-21-11-8-18/h1-3,5-8,10-11H,4,9,12-17H2. The van der Waals surface area contributed by atoms with Gasteiger partial charge in [-0.3, -0.25) is 14.7 Å². The van der Waals surface area contributed by atoms with Crippen molar-refractivity contribution in [3.63, 3.8) is 0 Å². The molecule has 0 N–H and O–H groups in total. The average molecular weight is 339 g/mol. The molecule has 1 aliphatic heterocycles. The summed E-state index contributed by atoms with van der Waals surface area (Å²) in [5, 5.41) is 0. The Morgan fingerprint density at radius 3 is 2.60 bits per heavy atom. The number of carbonyl (C=O) groups is 1. The minimum absolute atomic E-state index is 0.182.